The SMILES string of the molecule is Cc1ccc(N(c2ccc(C)cc2)c2ccc(-c3cncc(-c4ccc(N(c5ccc(C)cc5)c5ccc(C)cc5)s4)c3)s2)cc1. The molecule has 5 heteroatoms. The number of rotatable bonds is 8. The third-order valence-corrected chi connectivity index (χ3v) is 10.3. The van der Waals surface area contributed by atoms with Gasteiger partial charge < -0.3 is 9.80 Å². The Kier molecular flexibility index (Phi) is 8.27. The van der Waals surface area contributed by atoms with Crippen molar-refractivity contribution in [1.82, 2.24) is 4.98 Å². The van der Waals surface area contributed by atoms with Crippen LogP contribution in [-0.4, -0.2) is 4.98 Å². The number of hydrogen-bond donors (Lipinski definition) is 0. The van der Waals surface area contributed by atoms with Crippen LogP contribution in [0.1, 0.15) is 22.3 Å². The van der Waals surface area contributed by atoms with Gasteiger partial charge in [0.25, 0.3) is 0 Å². The molecule has 0 N–H and O–H groups in total. The summed E-state index contributed by atoms with van der Waals surface area (Å²) in [7, 11) is 0. The summed E-state index contributed by atoms with van der Waals surface area (Å²) in [5, 5.41) is 2.33. The Morgan fingerprint density at radius 3 is 1.00 bits per heavy atom. The van der Waals surface area contributed by atoms with Gasteiger partial charge in [0.1, 0.15) is 10.0 Å². The topological polar surface area (TPSA) is 19.4 Å². The normalized spacial score (nSPS) is 11.0. The Labute approximate surface area is 279 Å². The average Bonchev–Trinajstić information content (AvgIpc) is 3.76. The van der Waals surface area contributed by atoms with Gasteiger partial charge in [-0.25, -0.2) is 0 Å². The molecule has 3 aromatic heterocycles. The fourth-order valence-corrected chi connectivity index (χ4v) is 7.56. The number of anilines is 6. The number of nitrogens with zero attached hydrogens (tertiary/aromatic N) is 3. The lowest BCUT2D eigenvalue weighted by atomic mass is 10.1. The molecule has 0 saturated heterocycles. The summed E-state index contributed by atoms with van der Waals surface area (Å²) in [6.45, 7) is 8.51. The Hall–Kier alpha value is -4.97. The molecule has 0 unspecified atom stereocenters. The fraction of sp³-hybridized carbons (Fsp3) is 0.0976. The Bertz CT molecular complexity index is 1830. The van der Waals surface area contributed by atoms with Gasteiger partial charge in [-0.2, -0.15) is 0 Å². The predicted molar refractivity (Wildman–Crippen MR) is 199 cm³/mol. The van der Waals surface area contributed by atoms with Gasteiger partial charge >= 0.3 is 0 Å². The van der Waals surface area contributed by atoms with Crippen molar-refractivity contribution in [2.75, 3.05) is 9.80 Å². The molecule has 0 saturated carbocycles. The number of aryl methyl sites for hydroxylation is 4. The molecule has 7 aromatic rings. The van der Waals surface area contributed by atoms with Crippen LogP contribution in [0, 0.1) is 27.7 Å². The summed E-state index contributed by atoms with van der Waals surface area (Å²) < 4.78 is 0. The fourth-order valence-electron chi connectivity index (χ4n) is 5.50. The van der Waals surface area contributed by atoms with E-state index in [1.165, 1.54) is 42.0 Å². The van der Waals surface area contributed by atoms with E-state index in [9.17, 15) is 0 Å². The maximum atomic E-state index is 4.70. The van der Waals surface area contributed by atoms with Crippen LogP contribution in [0.5, 0.6) is 0 Å². The van der Waals surface area contributed by atoms with Crippen molar-refractivity contribution < 1.29 is 0 Å². The van der Waals surface area contributed by atoms with Gasteiger partial charge in [-0.05, 0) is 107 Å². The van der Waals surface area contributed by atoms with E-state index < -0.39 is 0 Å². The first-order valence-electron chi connectivity index (χ1n) is 15.4. The standard InChI is InChI=1S/C41H35N3S2/c1-28-5-13-34(14-6-28)43(35-15-7-29(2)8-16-35)40-23-21-38(45-40)32-25-33(27-42-26-32)39-22-24-41(46-39)44(36-17-9-30(3)10-18-36)37-19-11-31(4)12-20-37/h5-27H,1-4H3. The van der Waals surface area contributed by atoms with Gasteiger partial charge in [0.15, 0.2) is 0 Å². The van der Waals surface area contributed by atoms with E-state index in [1.807, 2.05) is 12.4 Å². The van der Waals surface area contributed by atoms with E-state index in [1.54, 1.807) is 22.7 Å². The first-order chi connectivity index (χ1) is 22.4. The van der Waals surface area contributed by atoms with E-state index in [2.05, 4.69) is 165 Å². The molecule has 0 fully saturated rings. The van der Waals surface area contributed by atoms with Gasteiger partial charge in [-0.15, -0.1) is 22.7 Å². The molecule has 0 radical (unpaired) electrons. The highest BCUT2D eigenvalue weighted by Crippen LogP contribution is 2.44. The third kappa shape index (κ3) is 6.25. The van der Waals surface area contributed by atoms with Crippen LogP contribution in [0.4, 0.5) is 32.8 Å². The lowest BCUT2D eigenvalue weighted by Crippen LogP contribution is -2.08. The number of pyridine rings is 1. The van der Waals surface area contributed by atoms with Crippen molar-refractivity contribution in [3.05, 3.63) is 162 Å². The summed E-state index contributed by atoms with van der Waals surface area (Å²) in [6, 6.07) is 46.1. The summed E-state index contributed by atoms with van der Waals surface area (Å²) >= 11 is 3.57. The molecule has 46 heavy (non-hydrogen) atoms. The number of hydrogen-bond acceptors (Lipinski definition) is 5. The number of aromatic nitrogens is 1. The second-order valence-corrected chi connectivity index (χ2v) is 13.9. The maximum absolute atomic E-state index is 4.70. The highest BCUT2D eigenvalue weighted by molar-refractivity contribution is 7.20. The third-order valence-electron chi connectivity index (χ3n) is 8.10. The summed E-state index contributed by atoms with van der Waals surface area (Å²) in [4.78, 5) is 11.7. The smallest absolute Gasteiger partial charge is 0.101 e. The predicted octanol–water partition coefficient (Wildman–Crippen LogP) is 12.7. The number of benzene rings is 4. The van der Waals surface area contributed by atoms with Crippen LogP contribution in [0.25, 0.3) is 20.9 Å². The van der Waals surface area contributed by atoms with Crippen LogP contribution in [-0.2, 0) is 0 Å². The van der Waals surface area contributed by atoms with Crippen molar-refractivity contribution >= 4 is 55.4 Å². The van der Waals surface area contributed by atoms with E-state index >= 15 is 0 Å². The van der Waals surface area contributed by atoms with Gasteiger partial charge in [0, 0.05) is 56.0 Å². The largest absolute Gasteiger partial charge is 0.302 e. The molecule has 4 aromatic carbocycles. The van der Waals surface area contributed by atoms with Crippen LogP contribution < -0.4 is 9.80 Å². The first kappa shape index (κ1) is 29.7. The molecule has 7 rings (SSSR count). The van der Waals surface area contributed by atoms with Crippen LogP contribution in [0.3, 0.4) is 0 Å². The lowest BCUT2D eigenvalue weighted by Gasteiger charge is -2.24. The zero-order chi connectivity index (χ0) is 31.6. The van der Waals surface area contributed by atoms with Gasteiger partial charge in [-0.1, -0.05) is 70.8 Å². The Morgan fingerprint density at radius 1 is 0.391 bits per heavy atom. The molecule has 0 aliphatic rings. The molecule has 0 amide bonds. The van der Waals surface area contributed by atoms with Crippen molar-refractivity contribution in [1.29, 1.82) is 0 Å². The molecule has 3 heterocycles. The van der Waals surface area contributed by atoms with Gasteiger partial charge in [-0.3, -0.25) is 4.98 Å². The maximum Gasteiger partial charge on any atom is 0.101 e. The minimum atomic E-state index is 1.12. The molecular weight excluding hydrogens is 599 g/mol. The van der Waals surface area contributed by atoms with Crippen LogP contribution in [0.2, 0.25) is 0 Å². The summed E-state index contributed by atoms with van der Waals surface area (Å²) in [6.07, 6.45) is 3.95. The Morgan fingerprint density at radius 2 is 0.696 bits per heavy atom. The van der Waals surface area contributed by atoms with Crippen LogP contribution >= 0.6 is 22.7 Å². The summed E-state index contributed by atoms with van der Waals surface area (Å²) in [5.74, 6) is 0. The van der Waals surface area contributed by atoms with Crippen molar-refractivity contribution in [3.63, 3.8) is 0 Å². The molecule has 0 bridgehead atoms. The van der Waals surface area contributed by atoms with Crippen molar-refractivity contribution in [2.45, 2.75) is 27.7 Å². The molecular formula is C41H35N3S2. The van der Waals surface area contributed by atoms with Gasteiger partial charge in [0.2, 0.25) is 0 Å². The number of thiophene rings is 2. The summed E-state index contributed by atoms with van der Waals surface area (Å²) in [5.41, 5.74) is 11.8. The zero-order valence-corrected chi connectivity index (χ0v) is 28.1. The second kappa shape index (κ2) is 12.8. The molecule has 3 nitrogen and oxygen atoms in total. The molecule has 0 spiro atoms. The second-order valence-electron chi connectivity index (χ2n) is 11.8. The van der Waals surface area contributed by atoms with E-state index in [4.69, 9.17) is 4.98 Å². The minimum Gasteiger partial charge on any atom is -0.302 e. The van der Waals surface area contributed by atoms with Crippen molar-refractivity contribution in [3.8, 4) is 20.9 Å². The molecule has 0 atom stereocenters. The highest BCUT2D eigenvalue weighted by Gasteiger charge is 2.18. The van der Waals surface area contributed by atoms with E-state index in [0.717, 1.165) is 33.9 Å². The van der Waals surface area contributed by atoms with Crippen molar-refractivity contribution in [2.24, 2.45) is 0 Å². The molecule has 226 valence electrons. The Balaban J connectivity index is 1.22. The quantitative estimate of drug-likeness (QED) is 0.166. The highest BCUT2D eigenvalue weighted by atomic mass is 32.1. The molecule has 0 aliphatic heterocycles. The minimum absolute atomic E-state index is 1.12. The van der Waals surface area contributed by atoms with E-state index in [0.29, 0.717) is 0 Å². The monoisotopic (exact) mass is 633 g/mol. The van der Waals surface area contributed by atoms with Gasteiger partial charge in [0.05, 0.1) is 0 Å². The zero-order valence-electron chi connectivity index (χ0n) is 26.4. The molecule has 0 aliphatic carbocycles. The average molecular weight is 634 g/mol. The van der Waals surface area contributed by atoms with E-state index in [-0.39, 0.29) is 0 Å². The van der Waals surface area contributed by atoms with Crippen LogP contribution in [0.15, 0.2) is 140 Å². The first-order valence-corrected chi connectivity index (χ1v) is 17.1. The lowest BCUT2D eigenvalue weighted by molar-refractivity contribution is 1.29.